The number of nitrogens with zero attached hydrogens (tertiary/aromatic N) is 1. The van der Waals surface area contributed by atoms with Crippen LogP contribution in [-0.4, -0.2) is 25.0 Å². The van der Waals surface area contributed by atoms with E-state index in [-0.39, 0.29) is 0 Å². The normalized spacial score (nSPS) is 13.6. The molecular weight excluding hydrogens is 158 g/mol. The van der Waals surface area contributed by atoms with Gasteiger partial charge in [-0.05, 0) is 45.3 Å². The molecule has 0 spiro atoms. The van der Waals surface area contributed by atoms with Crippen LogP contribution in [0.25, 0.3) is 0 Å². The van der Waals surface area contributed by atoms with Gasteiger partial charge in [0.15, 0.2) is 0 Å². The fourth-order valence-corrected chi connectivity index (χ4v) is 1.45. The van der Waals surface area contributed by atoms with Crippen LogP contribution in [0.1, 0.15) is 52.9 Å². The molecule has 0 heterocycles. The van der Waals surface area contributed by atoms with Gasteiger partial charge in [0.2, 0.25) is 0 Å². The quantitative estimate of drug-likeness (QED) is 0.559. The van der Waals surface area contributed by atoms with E-state index in [1.807, 2.05) is 0 Å². The highest BCUT2D eigenvalue weighted by Gasteiger charge is 2.00. The second-order valence-electron chi connectivity index (χ2n) is 4.31. The number of unbranched alkanes of at least 4 members (excludes halogenated alkanes) is 1. The molecule has 0 amide bonds. The fraction of sp³-hybridized carbons (Fsp3) is 1.00. The Kier molecular flexibility index (Phi) is 8.53. The molecule has 1 nitrogen and oxygen atoms in total. The Labute approximate surface area is 84.5 Å². The molecule has 1 atom stereocenters. The molecule has 0 rings (SSSR count). The van der Waals surface area contributed by atoms with Crippen LogP contribution in [-0.2, 0) is 0 Å². The highest BCUT2D eigenvalue weighted by molar-refractivity contribution is 4.55. The molecule has 0 radical (unpaired) electrons. The van der Waals surface area contributed by atoms with E-state index in [0.29, 0.717) is 0 Å². The molecule has 0 aliphatic rings. The molecule has 0 aliphatic heterocycles. The Morgan fingerprint density at radius 1 is 1.08 bits per heavy atom. The maximum absolute atomic E-state index is 2.46. The highest BCUT2D eigenvalue weighted by Crippen LogP contribution is 2.09. The van der Waals surface area contributed by atoms with Crippen molar-refractivity contribution in [3.8, 4) is 0 Å². The number of rotatable bonds is 8. The largest absolute Gasteiger partial charge is 0.306 e. The third kappa shape index (κ3) is 8.29. The molecule has 0 aromatic rings. The minimum atomic E-state index is 0.916. The minimum Gasteiger partial charge on any atom is -0.306 e. The summed E-state index contributed by atoms with van der Waals surface area (Å²) in [7, 11) is 2.24. The van der Waals surface area contributed by atoms with Crippen molar-refractivity contribution >= 4 is 0 Å². The van der Waals surface area contributed by atoms with Crippen molar-refractivity contribution in [3.63, 3.8) is 0 Å². The molecule has 0 saturated heterocycles. The lowest BCUT2D eigenvalue weighted by molar-refractivity contribution is 0.309. The van der Waals surface area contributed by atoms with Crippen molar-refractivity contribution in [2.24, 2.45) is 5.92 Å². The summed E-state index contributed by atoms with van der Waals surface area (Å²) < 4.78 is 0. The van der Waals surface area contributed by atoms with Crippen LogP contribution in [0, 0.1) is 5.92 Å². The van der Waals surface area contributed by atoms with Gasteiger partial charge in [-0.2, -0.15) is 0 Å². The van der Waals surface area contributed by atoms with Crippen LogP contribution in [0.2, 0.25) is 0 Å². The fourth-order valence-electron chi connectivity index (χ4n) is 1.45. The van der Waals surface area contributed by atoms with Crippen molar-refractivity contribution in [3.05, 3.63) is 0 Å². The molecule has 0 aromatic carbocycles. The van der Waals surface area contributed by atoms with Gasteiger partial charge < -0.3 is 4.90 Å². The Bertz CT molecular complexity index is 101. The Hall–Kier alpha value is -0.0400. The first-order chi connectivity index (χ1) is 6.20. The SMILES string of the molecule is CCCCN(C)CCCC(C)CC. The van der Waals surface area contributed by atoms with Crippen molar-refractivity contribution in [2.45, 2.75) is 52.9 Å². The molecule has 0 fully saturated rings. The summed E-state index contributed by atoms with van der Waals surface area (Å²) in [4.78, 5) is 2.46. The van der Waals surface area contributed by atoms with Crippen molar-refractivity contribution < 1.29 is 0 Å². The van der Waals surface area contributed by atoms with Gasteiger partial charge in [0.05, 0.1) is 0 Å². The van der Waals surface area contributed by atoms with E-state index in [2.05, 4.69) is 32.7 Å². The Morgan fingerprint density at radius 3 is 2.23 bits per heavy atom. The van der Waals surface area contributed by atoms with Crippen molar-refractivity contribution in [2.75, 3.05) is 20.1 Å². The minimum absolute atomic E-state index is 0.916. The van der Waals surface area contributed by atoms with Gasteiger partial charge in [0.25, 0.3) is 0 Å². The molecule has 0 saturated carbocycles. The van der Waals surface area contributed by atoms with E-state index in [9.17, 15) is 0 Å². The number of hydrogen-bond donors (Lipinski definition) is 0. The summed E-state index contributed by atoms with van der Waals surface area (Å²) in [6, 6.07) is 0. The van der Waals surface area contributed by atoms with E-state index >= 15 is 0 Å². The zero-order chi connectivity index (χ0) is 10.1. The summed E-state index contributed by atoms with van der Waals surface area (Å²) in [6.07, 6.45) is 6.76. The topological polar surface area (TPSA) is 3.24 Å². The first kappa shape index (κ1) is 13.0. The molecule has 0 bridgehead atoms. The van der Waals surface area contributed by atoms with E-state index in [1.165, 1.54) is 45.2 Å². The first-order valence-corrected chi connectivity index (χ1v) is 5.89. The third-order valence-electron chi connectivity index (χ3n) is 2.83. The lowest BCUT2D eigenvalue weighted by Gasteiger charge is -2.17. The number of hydrogen-bond acceptors (Lipinski definition) is 1. The van der Waals surface area contributed by atoms with Crippen LogP contribution in [0.3, 0.4) is 0 Å². The zero-order valence-electron chi connectivity index (χ0n) is 9.97. The molecule has 0 aliphatic carbocycles. The monoisotopic (exact) mass is 185 g/mol. The molecule has 0 N–H and O–H groups in total. The van der Waals surface area contributed by atoms with E-state index < -0.39 is 0 Å². The maximum atomic E-state index is 2.46. The van der Waals surface area contributed by atoms with Gasteiger partial charge in [-0.1, -0.05) is 33.6 Å². The molecule has 80 valence electrons. The Balaban J connectivity index is 3.21. The Morgan fingerprint density at radius 2 is 1.69 bits per heavy atom. The van der Waals surface area contributed by atoms with Crippen molar-refractivity contribution in [1.82, 2.24) is 4.90 Å². The lowest BCUT2D eigenvalue weighted by atomic mass is 10.0. The van der Waals surface area contributed by atoms with Crippen LogP contribution in [0.5, 0.6) is 0 Å². The van der Waals surface area contributed by atoms with Crippen LogP contribution in [0.4, 0.5) is 0 Å². The van der Waals surface area contributed by atoms with E-state index in [4.69, 9.17) is 0 Å². The predicted octanol–water partition coefficient (Wildman–Crippen LogP) is 3.54. The highest BCUT2D eigenvalue weighted by atomic mass is 15.1. The van der Waals surface area contributed by atoms with E-state index in [1.54, 1.807) is 0 Å². The van der Waals surface area contributed by atoms with Gasteiger partial charge in [0, 0.05) is 0 Å². The van der Waals surface area contributed by atoms with Crippen molar-refractivity contribution in [1.29, 1.82) is 0 Å². The molecular formula is C12H27N. The van der Waals surface area contributed by atoms with Gasteiger partial charge in [-0.15, -0.1) is 0 Å². The van der Waals surface area contributed by atoms with Gasteiger partial charge in [0.1, 0.15) is 0 Å². The second kappa shape index (κ2) is 8.55. The molecule has 0 aromatic heterocycles. The first-order valence-electron chi connectivity index (χ1n) is 5.89. The smallest absolute Gasteiger partial charge is 0.00217 e. The standard InChI is InChI=1S/C12H27N/c1-5-7-10-13(4)11-8-9-12(3)6-2/h12H,5-11H2,1-4H3. The molecule has 1 unspecified atom stereocenters. The second-order valence-corrected chi connectivity index (χ2v) is 4.31. The maximum Gasteiger partial charge on any atom is -0.00217 e. The summed E-state index contributed by atoms with van der Waals surface area (Å²) in [5.41, 5.74) is 0. The molecule has 13 heavy (non-hydrogen) atoms. The van der Waals surface area contributed by atoms with Crippen LogP contribution in [0.15, 0.2) is 0 Å². The average Bonchev–Trinajstić information content (AvgIpc) is 2.14. The predicted molar refractivity (Wildman–Crippen MR) is 61.1 cm³/mol. The van der Waals surface area contributed by atoms with Crippen LogP contribution < -0.4 is 0 Å². The summed E-state index contributed by atoms with van der Waals surface area (Å²) in [5, 5.41) is 0. The van der Waals surface area contributed by atoms with Gasteiger partial charge >= 0.3 is 0 Å². The van der Waals surface area contributed by atoms with Gasteiger partial charge in [-0.3, -0.25) is 0 Å². The molecule has 1 heteroatoms. The zero-order valence-corrected chi connectivity index (χ0v) is 9.97. The lowest BCUT2D eigenvalue weighted by Crippen LogP contribution is -2.21. The van der Waals surface area contributed by atoms with E-state index in [0.717, 1.165) is 5.92 Å². The third-order valence-corrected chi connectivity index (χ3v) is 2.83. The summed E-state index contributed by atoms with van der Waals surface area (Å²) in [5.74, 6) is 0.916. The van der Waals surface area contributed by atoms with Gasteiger partial charge in [-0.25, -0.2) is 0 Å². The average molecular weight is 185 g/mol. The summed E-state index contributed by atoms with van der Waals surface area (Å²) >= 11 is 0. The van der Waals surface area contributed by atoms with Crippen LogP contribution >= 0.6 is 0 Å². The summed E-state index contributed by atoms with van der Waals surface area (Å²) in [6.45, 7) is 9.45.